The monoisotopic (exact) mass is 487 g/mol. The molecule has 2 heterocycles. The molecule has 0 atom stereocenters. The summed E-state index contributed by atoms with van der Waals surface area (Å²) in [6.45, 7) is 4.82. The molecular weight excluding hydrogens is 458 g/mol. The predicted molar refractivity (Wildman–Crippen MR) is 134 cm³/mol. The second-order valence-corrected chi connectivity index (χ2v) is 9.13. The first-order chi connectivity index (χ1) is 17.3. The number of ether oxygens (including phenoxy) is 1. The Bertz CT molecular complexity index is 1330. The lowest BCUT2D eigenvalue weighted by molar-refractivity contribution is -0.119. The second-order valence-electron chi connectivity index (χ2n) is 9.13. The van der Waals surface area contributed by atoms with Crippen LogP contribution in [0, 0.1) is 25.2 Å². The van der Waals surface area contributed by atoms with E-state index in [1.807, 2.05) is 13.8 Å². The van der Waals surface area contributed by atoms with Crippen LogP contribution in [-0.2, 0) is 9.53 Å². The van der Waals surface area contributed by atoms with E-state index in [0.717, 1.165) is 36.9 Å². The molecule has 0 spiro atoms. The standard InChI is InChI=1S/C28H29N3O5/c1-17-18(2)31(22-7-5-4-6-8-22)27(23(17)15-29)30-26(33)16-35-28(34)25-14-13-24(36-25)21-11-9-20(10-12-21)19(3)32/h9-14,22H,4-8,16H2,1-3H3,(H,30,33). The normalized spacial score (nSPS) is 13.7. The Balaban J connectivity index is 1.42. The van der Waals surface area contributed by atoms with Gasteiger partial charge in [-0.1, -0.05) is 43.5 Å². The maximum Gasteiger partial charge on any atom is 0.374 e. The van der Waals surface area contributed by atoms with E-state index in [9.17, 15) is 19.6 Å². The molecule has 1 amide bonds. The highest BCUT2D eigenvalue weighted by molar-refractivity contribution is 5.96. The molecule has 8 nitrogen and oxygen atoms in total. The van der Waals surface area contributed by atoms with Gasteiger partial charge in [0.25, 0.3) is 5.91 Å². The summed E-state index contributed by atoms with van der Waals surface area (Å²) in [7, 11) is 0. The third-order valence-electron chi connectivity index (χ3n) is 6.78. The minimum atomic E-state index is -0.771. The predicted octanol–water partition coefficient (Wildman–Crippen LogP) is 5.74. The molecule has 4 rings (SSSR count). The van der Waals surface area contributed by atoms with Crippen LogP contribution in [0.15, 0.2) is 40.8 Å². The fraction of sp³-hybridized carbons (Fsp3) is 0.357. The van der Waals surface area contributed by atoms with Gasteiger partial charge in [-0.3, -0.25) is 9.59 Å². The molecule has 1 saturated carbocycles. The van der Waals surface area contributed by atoms with E-state index in [0.29, 0.717) is 28.3 Å². The number of carbonyl (C=O) groups is 3. The number of Topliss-reactive ketones (excluding diaryl/α,β-unsaturated/α-hetero) is 1. The van der Waals surface area contributed by atoms with Crippen molar-refractivity contribution in [3.63, 3.8) is 0 Å². The van der Waals surface area contributed by atoms with Gasteiger partial charge < -0.3 is 19.0 Å². The van der Waals surface area contributed by atoms with Crippen molar-refractivity contribution in [1.82, 2.24) is 4.57 Å². The Morgan fingerprint density at radius 1 is 1.08 bits per heavy atom. The van der Waals surface area contributed by atoms with Crippen LogP contribution >= 0.6 is 0 Å². The van der Waals surface area contributed by atoms with Gasteiger partial charge in [-0.05, 0) is 51.3 Å². The Hall–Kier alpha value is -4.12. The summed E-state index contributed by atoms with van der Waals surface area (Å²) in [5.74, 6) is -0.468. The van der Waals surface area contributed by atoms with Crippen LogP contribution < -0.4 is 5.32 Å². The summed E-state index contributed by atoms with van der Waals surface area (Å²) in [6, 6.07) is 12.4. The van der Waals surface area contributed by atoms with Crippen LogP contribution in [0.1, 0.15) is 82.8 Å². The number of nitriles is 1. The van der Waals surface area contributed by atoms with Crippen LogP contribution in [0.25, 0.3) is 11.3 Å². The van der Waals surface area contributed by atoms with Gasteiger partial charge in [-0.25, -0.2) is 4.79 Å². The zero-order chi connectivity index (χ0) is 25.8. The highest BCUT2D eigenvalue weighted by Crippen LogP contribution is 2.36. The molecule has 0 radical (unpaired) electrons. The number of nitrogens with zero attached hydrogens (tertiary/aromatic N) is 2. The van der Waals surface area contributed by atoms with E-state index in [-0.39, 0.29) is 17.6 Å². The molecule has 0 saturated heterocycles. The lowest BCUT2D eigenvalue weighted by Gasteiger charge is -2.27. The van der Waals surface area contributed by atoms with Gasteiger partial charge in [-0.15, -0.1) is 0 Å². The molecule has 2 aromatic heterocycles. The number of hydrogen-bond donors (Lipinski definition) is 1. The van der Waals surface area contributed by atoms with Crippen molar-refractivity contribution in [2.75, 3.05) is 11.9 Å². The van der Waals surface area contributed by atoms with Crippen molar-refractivity contribution in [2.24, 2.45) is 0 Å². The Morgan fingerprint density at radius 2 is 1.78 bits per heavy atom. The number of nitrogens with one attached hydrogen (secondary N) is 1. The van der Waals surface area contributed by atoms with Gasteiger partial charge in [0.15, 0.2) is 12.4 Å². The third kappa shape index (κ3) is 5.10. The Labute approximate surface area is 209 Å². The van der Waals surface area contributed by atoms with Crippen LogP contribution in [0.4, 0.5) is 5.82 Å². The first kappa shape index (κ1) is 25.0. The molecular formula is C28H29N3O5. The van der Waals surface area contributed by atoms with Gasteiger partial charge in [0.1, 0.15) is 17.6 Å². The Kier molecular flexibility index (Phi) is 7.39. The van der Waals surface area contributed by atoms with E-state index in [4.69, 9.17) is 9.15 Å². The van der Waals surface area contributed by atoms with E-state index < -0.39 is 18.5 Å². The average Bonchev–Trinajstić information content (AvgIpc) is 3.46. The van der Waals surface area contributed by atoms with Crippen molar-refractivity contribution in [2.45, 2.75) is 58.9 Å². The molecule has 1 fully saturated rings. The van der Waals surface area contributed by atoms with Gasteiger partial charge >= 0.3 is 5.97 Å². The van der Waals surface area contributed by atoms with Crippen LogP contribution in [0.3, 0.4) is 0 Å². The summed E-state index contributed by atoms with van der Waals surface area (Å²) in [5.41, 5.74) is 3.52. The number of benzene rings is 1. The summed E-state index contributed by atoms with van der Waals surface area (Å²) >= 11 is 0. The zero-order valence-electron chi connectivity index (χ0n) is 20.7. The van der Waals surface area contributed by atoms with Gasteiger partial charge in [0.2, 0.25) is 5.76 Å². The van der Waals surface area contributed by atoms with Crippen molar-refractivity contribution in [3.05, 3.63) is 64.5 Å². The van der Waals surface area contributed by atoms with Crippen LogP contribution in [0.2, 0.25) is 0 Å². The molecule has 36 heavy (non-hydrogen) atoms. The number of amides is 1. The largest absolute Gasteiger partial charge is 0.450 e. The first-order valence-electron chi connectivity index (χ1n) is 12.1. The molecule has 0 unspecified atom stereocenters. The highest BCUT2D eigenvalue weighted by atomic mass is 16.5. The summed E-state index contributed by atoms with van der Waals surface area (Å²) < 4.78 is 12.8. The summed E-state index contributed by atoms with van der Waals surface area (Å²) in [5, 5.41) is 12.5. The smallest absolute Gasteiger partial charge is 0.374 e. The molecule has 1 N–H and O–H groups in total. The average molecular weight is 488 g/mol. The van der Waals surface area contributed by atoms with Crippen molar-refractivity contribution >= 4 is 23.5 Å². The zero-order valence-corrected chi connectivity index (χ0v) is 20.7. The maximum absolute atomic E-state index is 12.7. The van der Waals surface area contributed by atoms with Crippen molar-refractivity contribution in [1.29, 1.82) is 5.26 Å². The Morgan fingerprint density at radius 3 is 2.42 bits per heavy atom. The molecule has 1 aliphatic carbocycles. The van der Waals surface area contributed by atoms with Crippen molar-refractivity contribution in [3.8, 4) is 17.4 Å². The number of aromatic nitrogens is 1. The minimum absolute atomic E-state index is 0.0385. The number of ketones is 1. The van der Waals surface area contributed by atoms with Gasteiger partial charge in [0, 0.05) is 22.9 Å². The topological polar surface area (TPSA) is 114 Å². The summed E-state index contributed by atoms with van der Waals surface area (Å²) in [4.78, 5) is 36.7. The third-order valence-corrected chi connectivity index (χ3v) is 6.78. The molecule has 0 aliphatic heterocycles. The van der Waals surface area contributed by atoms with Crippen molar-refractivity contribution < 1.29 is 23.5 Å². The number of rotatable bonds is 7. The fourth-order valence-corrected chi connectivity index (χ4v) is 4.72. The maximum atomic E-state index is 12.7. The van der Waals surface area contributed by atoms with Gasteiger partial charge in [0.05, 0.1) is 5.56 Å². The lowest BCUT2D eigenvalue weighted by Crippen LogP contribution is -2.24. The van der Waals surface area contributed by atoms with Crippen LogP contribution in [-0.4, -0.2) is 28.8 Å². The molecule has 186 valence electrons. The SMILES string of the molecule is CC(=O)c1ccc(-c2ccc(C(=O)OCC(=O)Nc3c(C#N)c(C)c(C)n3C3CCCCC3)o2)cc1. The van der Waals surface area contributed by atoms with E-state index in [1.165, 1.54) is 19.4 Å². The van der Waals surface area contributed by atoms with E-state index >= 15 is 0 Å². The molecule has 1 aromatic carbocycles. The number of hydrogen-bond acceptors (Lipinski definition) is 6. The number of carbonyl (C=O) groups excluding carboxylic acids is 3. The van der Waals surface area contributed by atoms with E-state index in [2.05, 4.69) is 16.0 Å². The van der Waals surface area contributed by atoms with E-state index in [1.54, 1.807) is 30.3 Å². The molecule has 3 aromatic rings. The number of furan rings is 1. The number of esters is 1. The minimum Gasteiger partial charge on any atom is -0.450 e. The molecule has 0 bridgehead atoms. The highest BCUT2D eigenvalue weighted by Gasteiger charge is 2.26. The van der Waals surface area contributed by atoms with Gasteiger partial charge in [-0.2, -0.15) is 5.26 Å². The first-order valence-corrected chi connectivity index (χ1v) is 12.1. The lowest BCUT2D eigenvalue weighted by atomic mass is 9.95. The fourth-order valence-electron chi connectivity index (χ4n) is 4.72. The quantitative estimate of drug-likeness (QED) is 0.336. The molecule has 8 heteroatoms. The second kappa shape index (κ2) is 10.6. The van der Waals surface area contributed by atoms with Crippen LogP contribution in [0.5, 0.6) is 0 Å². The molecule has 1 aliphatic rings. The summed E-state index contributed by atoms with van der Waals surface area (Å²) in [6.07, 6.45) is 5.41. The number of anilines is 1.